The van der Waals surface area contributed by atoms with Crippen LogP contribution in [-0.4, -0.2) is 11.1 Å². The number of benzene rings is 1. The van der Waals surface area contributed by atoms with E-state index in [0.29, 0.717) is 10.0 Å². The Kier molecular flexibility index (Phi) is 4.42. The fraction of sp³-hybridized carbons (Fsp3) is 0. The molecule has 0 saturated carbocycles. The van der Waals surface area contributed by atoms with Gasteiger partial charge in [0.15, 0.2) is 0 Å². The van der Waals surface area contributed by atoms with Crippen LogP contribution in [0.25, 0.3) is 0 Å². The summed E-state index contributed by atoms with van der Waals surface area (Å²) in [7, 11) is 0. The van der Waals surface area contributed by atoms with Crippen LogP contribution in [0.15, 0.2) is 28.7 Å². The molecule has 11 heavy (non-hydrogen) atoms. The van der Waals surface area contributed by atoms with Crippen LogP contribution < -0.4 is 0 Å². The minimum Gasteiger partial charge on any atom is -0.478 e. The van der Waals surface area contributed by atoms with Crippen LogP contribution in [0.2, 0.25) is 0 Å². The van der Waals surface area contributed by atoms with Gasteiger partial charge in [-0.05, 0) is 28.1 Å². The third-order valence-electron chi connectivity index (χ3n) is 1.10. The summed E-state index contributed by atoms with van der Waals surface area (Å²) in [5, 5.41) is 8.54. The van der Waals surface area contributed by atoms with Crippen molar-refractivity contribution < 1.29 is 27.0 Å². The fourth-order valence-electron chi connectivity index (χ4n) is 0.635. The molecule has 1 rings (SSSR count). The van der Waals surface area contributed by atoms with Gasteiger partial charge in [0, 0.05) is 21.5 Å². The molecule has 63 valence electrons. The van der Waals surface area contributed by atoms with Gasteiger partial charge in [0.05, 0.1) is 5.56 Å². The van der Waals surface area contributed by atoms with Crippen molar-refractivity contribution in [2.24, 2.45) is 0 Å². The topological polar surface area (TPSA) is 37.3 Å². The normalized spacial score (nSPS) is 8.45. The standard InChI is InChI=1S/C7H5BrO2.Cu/c8-6-4-2-1-3-5(6)7(9)10;/h1-4H,(H,9,10);. The number of carboxylic acids is 1. The van der Waals surface area contributed by atoms with Crippen LogP contribution >= 0.6 is 15.9 Å². The maximum atomic E-state index is 10.4. The molecule has 0 unspecified atom stereocenters. The van der Waals surface area contributed by atoms with Gasteiger partial charge in [-0.25, -0.2) is 4.79 Å². The van der Waals surface area contributed by atoms with Crippen LogP contribution in [0, 0.1) is 0 Å². The Morgan fingerprint density at radius 3 is 2.27 bits per heavy atom. The predicted molar refractivity (Wildman–Crippen MR) is 41.1 cm³/mol. The van der Waals surface area contributed by atoms with E-state index < -0.39 is 5.97 Å². The largest absolute Gasteiger partial charge is 0.478 e. The van der Waals surface area contributed by atoms with Gasteiger partial charge in [-0.2, -0.15) is 0 Å². The smallest absolute Gasteiger partial charge is 0.336 e. The Morgan fingerprint density at radius 1 is 1.36 bits per heavy atom. The van der Waals surface area contributed by atoms with E-state index >= 15 is 0 Å². The van der Waals surface area contributed by atoms with Crippen molar-refractivity contribution in [2.45, 2.75) is 0 Å². The third-order valence-corrected chi connectivity index (χ3v) is 1.80. The molecule has 1 aromatic rings. The van der Waals surface area contributed by atoms with E-state index in [1.165, 1.54) is 0 Å². The molecule has 0 atom stereocenters. The van der Waals surface area contributed by atoms with Gasteiger partial charge in [-0.1, -0.05) is 12.1 Å². The van der Waals surface area contributed by atoms with E-state index in [1.54, 1.807) is 24.3 Å². The summed E-state index contributed by atoms with van der Waals surface area (Å²) < 4.78 is 0.613. The average Bonchev–Trinajstić information content (AvgIpc) is 1.88. The van der Waals surface area contributed by atoms with Gasteiger partial charge >= 0.3 is 5.97 Å². The number of halogens is 1. The molecule has 1 radical (unpaired) electrons. The van der Waals surface area contributed by atoms with E-state index in [-0.39, 0.29) is 17.1 Å². The first kappa shape index (κ1) is 10.7. The average molecular weight is 265 g/mol. The van der Waals surface area contributed by atoms with Crippen molar-refractivity contribution in [3.8, 4) is 0 Å². The summed E-state index contributed by atoms with van der Waals surface area (Å²) in [6.45, 7) is 0. The molecule has 0 aliphatic heterocycles. The van der Waals surface area contributed by atoms with E-state index in [1.807, 2.05) is 0 Å². The van der Waals surface area contributed by atoms with Gasteiger partial charge in [0.1, 0.15) is 0 Å². The molecule has 0 amide bonds. The van der Waals surface area contributed by atoms with Crippen LogP contribution in [0.1, 0.15) is 10.4 Å². The first-order chi connectivity index (χ1) is 4.72. The van der Waals surface area contributed by atoms with Crippen LogP contribution in [-0.2, 0) is 17.1 Å². The zero-order chi connectivity index (χ0) is 7.56. The SMILES string of the molecule is O=C(O)c1ccccc1Br.[Cu]. The molecule has 0 heterocycles. The Labute approximate surface area is 83.2 Å². The fourth-order valence-corrected chi connectivity index (χ4v) is 1.09. The minimum absolute atomic E-state index is 0. The number of hydrogen-bond donors (Lipinski definition) is 1. The number of carboxylic acid groups (broad SMARTS) is 1. The maximum absolute atomic E-state index is 10.4. The molecule has 0 fully saturated rings. The first-order valence-electron chi connectivity index (χ1n) is 2.69. The van der Waals surface area contributed by atoms with E-state index in [0.717, 1.165) is 0 Å². The summed E-state index contributed by atoms with van der Waals surface area (Å²) in [4.78, 5) is 10.4. The monoisotopic (exact) mass is 263 g/mol. The second-order valence-electron chi connectivity index (χ2n) is 1.78. The molecule has 2 nitrogen and oxygen atoms in total. The first-order valence-corrected chi connectivity index (χ1v) is 3.49. The summed E-state index contributed by atoms with van der Waals surface area (Å²) >= 11 is 3.12. The number of hydrogen-bond acceptors (Lipinski definition) is 1. The zero-order valence-corrected chi connectivity index (χ0v) is 7.87. The predicted octanol–water partition coefficient (Wildman–Crippen LogP) is 2.14. The summed E-state index contributed by atoms with van der Waals surface area (Å²) in [6, 6.07) is 6.71. The van der Waals surface area contributed by atoms with Crippen LogP contribution in [0.5, 0.6) is 0 Å². The Bertz CT molecular complexity index is 262. The second-order valence-corrected chi connectivity index (χ2v) is 2.64. The van der Waals surface area contributed by atoms with E-state index in [9.17, 15) is 4.79 Å². The van der Waals surface area contributed by atoms with E-state index in [4.69, 9.17) is 5.11 Å². The minimum atomic E-state index is -0.910. The molecular formula is C7H5BrCuO2. The van der Waals surface area contributed by atoms with Gasteiger partial charge in [-0.3, -0.25) is 0 Å². The molecule has 1 N–H and O–H groups in total. The third kappa shape index (κ3) is 2.66. The van der Waals surface area contributed by atoms with Crippen LogP contribution in [0.3, 0.4) is 0 Å². The molecule has 0 aliphatic carbocycles. The van der Waals surface area contributed by atoms with Gasteiger partial charge < -0.3 is 5.11 Å². The Morgan fingerprint density at radius 2 is 1.91 bits per heavy atom. The van der Waals surface area contributed by atoms with Gasteiger partial charge in [0.25, 0.3) is 0 Å². The van der Waals surface area contributed by atoms with Crippen molar-refractivity contribution in [1.82, 2.24) is 0 Å². The van der Waals surface area contributed by atoms with Crippen molar-refractivity contribution in [3.63, 3.8) is 0 Å². The van der Waals surface area contributed by atoms with Crippen molar-refractivity contribution in [1.29, 1.82) is 0 Å². The maximum Gasteiger partial charge on any atom is 0.336 e. The molecule has 0 bridgehead atoms. The Balaban J connectivity index is 0.000001000. The molecule has 0 aromatic heterocycles. The molecule has 0 spiro atoms. The summed E-state index contributed by atoms with van der Waals surface area (Å²) in [6.07, 6.45) is 0. The van der Waals surface area contributed by atoms with Gasteiger partial charge in [-0.15, -0.1) is 0 Å². The Hall–Kier alpha value is -0.311. The van der Waals surface area contributed by atoms with Crippen molar-refractivity contribution in [2.75, 3.05) is 0 Å². The van der Waals surface area contributed by atoms with Crippen molar-refractivity contribution >= 4 is 21.9 Å². The van der Waals surface area contributed by atoms with Crippen molar-refractivity contribution in [3.05, 3.63) is 34.3 Å². The number of carbonyl (C=O) groups is 1. The molecule has 0 saturated heterocycles. The molecule has 4 heteroatoms. The summed E-state index contributed by atoms with van der Waals surface area (Å²) in [5.74, 6) is -0.910. The molecular weight excluding hydrogens is 260 g/mol. The summed E-state index contributed by atoms with van der Waals surface area (Å²) in [5.41, 5.74) is 0.294. The van der Waals surface area contributed by atoms with E-state index in [2.05, 4.69) is 15.9 Å². The number of aromatic carboxylic acids is 1. The quantitative estimate of drug-likeness (QED) is 0.789. The molecule has 1 aromatic carbocycles. The van der Waals surface area contributed by atoms with Crippen LogP contribution in [0.4, 0.5) is 0 Å². The number of rotatable bonds is 1. The molecule has 0 aliphatic rings. The van der Waals surface area contributed by atoms with Gasteiger partial charge in [0.2, 0.25) is 0 Å². The zero-order valence-electron chi connectivity index (χ0n) is 5.34. The second kappa shape index (κ2) is 4.54.